The van der Waals surface area contributed by atoms with Crippen molar-refractivity contribution < 1.29 is 10.4 Å². The minimum atomic E-state index is 0.0367. The molecule has 1 aliphatic rings. The van der Waals surface area contributed by atoms with Gasteiger partial charge in [0.15, 0.2) is 6.17 Å². The zero-order valence-corrected chi connectivity index (χ0v) is 16.4. The Labute approximate surface area is 166 Å². The molecule has 0 bridgehead atoms. The third-order valence-electron chi connectivity index (χ3n) is 5.46. The van der Waals surface area contributed by atoms with Crippen molar-refractivity contribution in [1.29, 1.82) is 0 Å². The van der Waals surface area contributed by atoms with Crippen LogP contribution in [0.1, 0.15) is 46.9 Å². The maximum absolute atomic E-state index is 10.4. The van der Waals surface area contributed by atoms with E-state index in [0.717, 1.165) is 17.7 Å². The third kappa shape index (κ3) is 3.80. The molecule has 28 heavy (non-hydrogen) atoms. The number of hydrogen-bond donors (Lipinski definition) is 3. The van der Waals surface area contributed by atoms with Crippen LogP contribution >= 0.6 is 0 Å². The molecule has 0 amide bonds. The van der Waals surface area contributed by atoms with Crippen molar-refractivity contribution in [2.24, 2.45) is 0 Å². The molecule has 2 unspecified atom stereocenters. The van der Waals surface area contributed by atoms with Gasteiger partial charge < -0.3 is 15.7 Å². The summed E-state index contributed by atoms with van der Waals surface area (Å²) in [4.78, 5) is 0. The van der Waals surface area contributed by atoms with Gasteiger partial charge in [0, 0.05) is 17.3 Å². The molecule has 3 aromatic rings. The summed E-state index contributed by atoms with van der Waals surface area (Å²) in [7, 11) is 0. The van der Waals surface area contributed by atoms with Gasteiger partial charge in [-0.25, -0.2) is 0 Å². The quantitative estimate of drug-likeness (QED) is 0.643. The van der Waals surface area contributed by atoms with Gasteiger partial charge in [-0.3, -0.25) is 0 Å². The molecule has 0 radical (unpaired) electrons. The third-order valence-corrected chi connectivity index (χ3v) is 5.46. The molecule has 0 spiro atoms. The zero-order chi connectivity index (χ0) is 19.5. The SMILES string of the molecule is CCc1ccc(C2=CC(c3ccccc3O)[NH2+]C(c3ccc(C)cc3)N2)cc1. The van der Waals surface area contributed by atoms with E-state index in [1.54, 1.807) is 6.07 Å². The average Bonchev–Trinajstić information content (AvgIpc) is 2.74. The number of hydrogen-bond acceptors (Lipinski definition) is 2. The first-order valence-corrected chi connectivity index (χ1v) is 9.91. The molecular weight excluding hydrogens is 344 g/mol. The Morgan fingerprint density at radius 2 is 1.64 bits per heavy atom. The molecule has 4 rings (SSSR count). The first-order valence-electron chi connectivity index (χ1n) is 9.91. The first kappa shape index (κ1) is 18.3. The fourth-order valence-electron chi connectivity index (χ4n) is 3.74. The molecule has 142 valence electrons. The first-order chi connectivity index (χ1) is 13.6. The Balaban J connectivity index is 1.73. The number of para-hydroxylation sites is 1. The van der Waals surface area contributed by atoms with Crippen molar-refractivity contribution in [2.75, 3.05) is 0 Å². The Hall–Kier alpha value is -3.04. The molecule has 0 saturated heterocycles. The highest BCUT2D eigenvalue weighted by molar-refractivity contribution is 5.66. The monoisotopic (exact) mass is 371 g/mol. The fourth-order valence-corrected chi connectivity index (χ4v) is 3.74. The number of phenols is 1. The number of aryl methyl sites for hydroxylation is 2. The molecule has 3 nitrogen and oxygen atoms in total. The predicted octanol–water partition coefficient (Wildman–Crippen LogP) is 4.21. The van der Waals surface area contributed by atoms with Gasteiger partial charge in [0.2, 0.25) is 0 Å². The molecule has 0 fully saturated rings. The molecule has 0 aromatic heterocycles. The van der Waals surface area contributed by atoms with Crippen molar-refractivity contribution in [3.63, 3.8) is 0 Å². The number of rotatable bonds is 4. The van der Waals surface area contributed by atoms with E-state index in [1.807, 2.05) is 18.2 Å². The lowest BCUT2D eigenvalue weighted by atomic mass is 9.97. The summed E-state index contributed by atoms with van der Waals surface area (Å²) in [6.07, 6.45) is 3.32. The van der Waals surface area contributed by atoms with Gasteiger partial charge in [-0.1, -0.05) is 73.2 Å². The Kier molecular flexibility index (Phi) is 5.18. The molecule has 1 aliphatic heterocycles. The lowest BCUT2D eigenvalue weighted by molar-refractivity contribution is -0.731. The Bertz CT molecular complexity index is 974. The summed E-state index contributed by atoms with van der Waals surface area (Å²) in [5.74, 6) is 0.338. The number of benzene rings is 3. The van der Waals surface area contributed by atoms with E-state index in [0.29, 0.717) is 5.75 Å². The molecule has 1 heterocycles. The van der Waals surface area contributed by atoms with Gasteiger partial charge >= 0.3 is 0 Å². The van der Waals surface area contributed by atoms with E-state index in [4.69, 9.17) is 0 Å². The average molecular weight is 372 g/mol. The van der Waals surface area contributed by atoms with Crippen molar-refractivity contribution in [1.82, 2.24) is 5.32 Å². The van der Waals surface area contributed by atoms with Gasteiger partial charge in [0.1, 0.15) is 11.8 Å². The van der Waals surface area contributed by atoms with Gasteiger partial charge in [-0.15, -0.1) is 0 Å². The van der Waals surface area contributed by atoms with Gasteiger partial charge in [-0.2, -0.15) is 0 Å². The number of phenolic OH excluding ortho intramolecular Hbond substituents is 1. The molecule has 2 atom stereocenters. The van der Waals surface area contributed by atoms with E-state index in [2.05, 4.69) is 79.1 Å². The van der Waals surface area contributed by atoms with Crippen LogP contribution in [-0.4, -0.2) is 5.11 Å². The van der Waals surface area contributed by atoms with Crippen LogP contribution < -0.4 is 10.6 Å². The lowest BCUT2D eigenvalue weighted by Crippen LogP contribution is -2.89. The Morgan fingerprint density at radius 1 is 0.929 bits per heavy atom. The van der Waals surface area contributed by atoms with Gasteiger partial charge in [0.05, 0.1) is 5.56 Å². The normalized spacial score (nSPS) is 19.0. The van der Waals surface area contributed by atoms with Crippen LogP contribution in [0.5, 0.6) is 5.75 Å². The van der Waals surface area contributed by atoms with Crippen LogP contribution in [0.2, 0.25) is 0 Å². The van der Waals surface area contributed by atoms with Gasteiger partial charge in [-0.05, 0) is 36.6 Å². The van der Waals surface area contributed by atoms with Crippen molar-refractivity contribution in [3.8, 4) is 5.75 Å². The van der Waals surface area contributed by atoms with Crippen LogP contribution in [0.4, 0.5) is 0 Å². The highest BCUT2D eigenvalue weighted by Crippen LogP contribution is 2.29. The van der Waals surface area contributed by atoms with Gasteiger partial charge in [0.25, 0.3) is 0 Å². The van der Waals surface area contributed by atoms with Crippen molar-refractivity contribution in [2.45, 2.75) is 32.5 Å². The largest absolute Gasteiger partial charge is 0.507 e. The molecule has 3 heteroatoms. The summed E-state index contributed by atoms with van der Waals surface area (Å²) in [6, 6.07) is 25.0. The predicted molar refractivity (Wildman–Crippen MR) is 114 cm³/mol. The highest BCUT2D eigenvalue weighted by Gasteiger charge is 2.29. The van der Waals surface area contributed by atoms with E-state index in [9.17, 15) is 5.11 Å². The second-order valence-electron chi connectivity index (χ2n) is 7.44. The molecule has 0 saturated carbocycles. The van der Waals surface area contributed by atoms with E-state index < -0.39 is 0 Å². The fraction of sp³-hybridized carbons (Fsp3) is 0.200. The Morgan fingerprint density at radius 3 is 2.32 bits per heavy atom. The van der Waals surface area contributed by atoms with Crippen LogP contribution in [0.25, 0.3) is 5.70 Å². The minimum absolute atomic E-state index is 0.0367. The maximum Gasteiger partial charge on any atom is 0.186 e. The molecular formula is C25H27N2O+. The van der Waals surface area contributed by atoms with Crippen LogP contribution in [0.15, 0.2) is 78.9 Å². The molecule has 4 N–H and O–H groups in total. The van der Waals surface area contributed by atoms with Crippen LogP contribution in [0.3, 0.4) is 0 Å². The summed E-state index contributed by atoms with van der Waals surface area (Å²) in [5, 5.41) is 16.4. The maximum atomic E-state index is 10.4. The topological polar surface area (TPSA) is 48.9 Å². The second kappa shape index (κ2) is 7.91. The smallest absolute Gasteiger partial charge is 0.186 e. The van der Waals surface area contributed by atoms with Crippen molar-refractivity contribution in [3.05, 3.63) is 107 Å². The number of nitrogens with one attached hydrogen (secondary N) is 1. The molecule has 3 aromatic carbocycles. The van der Waals surface area contributed by atoms with Crippen LogP contribution in [-0.2, 0) is 6.42 Å². The molecule has 0 aliphatic carbocycles. The second-order valence-corrected chi connectivity index (χ2v) is 7.44. The van der Waals surface area contributed by atoms with E-state index in [1.165, 1.54) is 22.3 Å². The summed E-state index contributed by atoms with van der Waals surface area (Å²) >= 11 is 0. The zero-order valence-electron chi connectivity index (χ0n) is 16.4. The highest BCUT2D eigenvalue weighted by atomic mass is 16.3. The number of aromatic hydroxyl groups is 1. The minimum Gasteiger partial charge on any atom is -0.507 e. The summed E-state index contributed by atoms with van der Waals surface area (Å²) < 4.78 is 0. The number of nitrogens with two attached hydrogens (primary N) is 1. The lowest BCUT2D eigenvalue weighted by Gasteiger charge is -2.30. The van der Waals surface area contributed by atoms with Crippen LogP contribution in [0, 0.1) is 6.92 Å². The van der Waals surface area contributed by atoms with E-state index in [-0.39, 0.29) is 12.2 Å². The number of quaternary nitrogens is 1. The summed E-state index contributed by atoms with van der Waals surface area (Å²) in [5.41, 5.74) is 7.01. The van der Waals surface area contributed by atoms with E-state index >= 15 is 0 Å². The standard InChI is InChI=1S/C25H26N2O/c1-3-18-10-14-19(15-11-18)22-16-23(21-6-4-5-7-24(21)28)27-25(26-22)20-12-8-17(2)9-13-20/h4-16,23,25-28H,3H2,1-2H3/p+1. The summed E-state index contributed by atoms with van der Waals surface area (Å²) in [6.45, 7) is 4.27. The van der Waals surface area contributed by atoms with Crippen molar-refractivity contribution >= 4 is 5.70 Å².